The van der Waals surface area contributed by atoms with E-state index in [0.29, 0.717) is 11.4 Å². The van der Waals surface area contributed by atoms with Gasteiger partial charge in [0.25, 0.3) is 0 Å². The molecule has 0 aromatic heterocycles. The Morgan fingerprint density at radius 2 is 2.00 bits per heavy atom. The number of carboxylic acids is 1. The summed E-state index contributed by atoms with van der Waals surface area (Å²) in [7, 11) is 1.57. The highest BCUT2D eigenvalue weighted by molar-refractivity contribution is 6.30. The molecule has 0 amide bonds. The Morgan fingerprint density at radius 3 is 2.44 bits per heavy atom. The summed E-state index contributed by atoms with van der Waals surface area (Å²) in [4.78, 5) is 11.2. The smallest absolute Gasteiger partial charge is 0.326 e. The molecule has 1 rings (SSSR count). The largest absolute Gasteiger partial charge is 0.480 e. The first-order valence-corrected chi connectivity index (χ1v) is 6.02. The van der Waals surface area contributed by atoms with Crippen LogP contribution in [0.15, 0.2) is 24.3 Å². The third-order valence-corrected chi connectivity index (χ3v) is 2.98. The number of hydrogen-bond acceptors (Lipinski definition) is 3. The van der Waals surface area contributed by atoms with E-state index in [0.717, 1.165) is 5.69 Å². The summed E-state index contributed by atoms with van der Waals surface area (Å²) in [5.41, 5.74) is 0.223. The molecule has 1 atom stereocenters. The molecule has 0 aliphatic carbocycles. The Morgan fingerprint density at radius 1 is 1.44 bits per heavy atom. The number of anilines is 1. The van der Waals surface area contributed by atoms with Crippen molar-refractivity contribution in [3.63, 3.8) is 0 Å². The van der Waals surface area contributed by atoms with Gasteiger partial charge in [-0.25, -0.2) is 4.79 Å². The topological polar surface area (TPSA) is 58.6 Å². The Hall–Kier alpha value is -1.26. The van der Waals surface area contributed by atoms with Crippen molar-refractivity contribution in [3.05, 3.63) is 29.3 Å². The van der Waals surface area contributed by atoms with Crippen molar-refractivity contribution in [1.82, 2.24) is 0 Å². The molecular formula is C13H18ClNO3. The van der Waals surface area contributed by atoms with E-state index >= 15 is 0 Å². The van der Waals surface area contributed by atoms with Gasteiger partial charge < -0.3 is 15.2 Å². The first-order chi connectivity index (χ1) is 8.34. The van der Waals surface area contributed by atoms with Gasteiger partial charge in [-0.3, -0.25) is 0 Å². The molecule has 1 aromatic carbocycles. The van der Waals surface area contributed by atoms with E-state index in [2.05, 4.69) is 5.32 Å². The molecule has 1 unspecified atom stereocenters. The zero-order valence-corrected chi connectivity index (χ0v) is 11.5. The van der Waals surface area contributed by atoms with E-state index in [4.69, 9.17) is 16.3 Å². The number of hydrogen-bond donors (Lipinski definition) is 2. The highest BCUT2D eigenvalue weighted by Crippen LogP contribution is 2.20. The number of rotatable bonds is 6. The van der Waals surface area contributed by atoms with Crippen molar-refractivity contribution in [2.24, 2.45) is 0 Å². The normalized spacial score (nSPS) is 13.1. The monoisotopic (exact) mass is 271 g/mol. The van der Waals surface area contributed by atoms with Crippen molar-refractivity contribution < 1.29 is 14.6 Å². The fourth-order valence-corrected chi connectivity index (χ4v) is 1.65. The van der Waals surface area contributed by atoms with Crippen LogP contribution in [0.1, 0.15) is 20.3 Å². The fourth-order valence-electron chi connectivity index (χ4n) is 1.52. The van der Waals surface area contributed by atoms with Gasteiger partial charge in [-0.2, -0.15) is 0 Å². The van der Waals surface area contributed by atoms with Crippen LogP contribution in [0.2, 0.25) is 5.02 Å². The molecule has 0 saturated carbocycles. The number of ether oxygens (including phenoxy) is 1. The van der Waals surface area contributed by atoms with E-state index in [1.165, 1.54) is 0 Å². The molecule has 100 valence electrons. The van der Waals surface area contributed by atoms with Crippen LogP contribution < -0.4 is 5.32 Å². The summed E-state index contributed by atoms with van der Waals surface area (Å²) in [6, 6.07) is 6.21. The van der Waals surface area contributed by atoms with Crippen LogP contribution in [0.3, 0.4) is 0 Å². The number of methoxy groups -OCH3 is 1. The van der Waals surface area contributed by atoms with E-state index in [1.54, 1.807) is 31.4 Å². The van der Waals surface area contributed by atoms with Gasteiger partial charge in [0.05, 0.1) is 5.60 Å². The summed E-state index contributed by atoms with van der Waals surface area (Å²) in [6.07, 6.45) is 0.363. The van der Waals surface area contributed by atoms with E-state index < -0.39 is 17.6 Å². The molecule has 0 saturated heterocycles. The van der Waals surface area contributed by atoms with E-state index in [9.17, 15) is 9.90 Å². The molecule has 1 aromatic rings. The standard InChI is InChI=1S/C13H18ClNO3/c1-13(2,18-3)8-11(12(16)17)15-10-6-4-9(14)5-7-10/h4-7,11,15H,8H2,1-3H3,(H,16,17). The molecular weight excluding hydrogens is 254 g/mol. The predicted octanol–water partition coefficient (Wildman–Crippen LogP) is 3.02. The van der Waals surface area contributed by atoms with Crippen LogP contribution in [0.25, 0.3) is 0 Å². The second-order valence-electron chi connectivity index (χ2n) is 4.71. The second kappa shape index (κ2) is 6.07. The molecule has 4 nitrogen and oxygen atoms in total. The number of carbonyl (C=O) groups is 1. The van der Waals surface area contributed by atoms with Crippen molar-refractivity contribution in [1.29, 1.82) is 0 Å². The quantitative estimate of drug-likeness (QED) is 0.835. The van der Waals surface area contributed by atoms with Crippen molar-refractivity contribution in [3.8, 4) is 0 Å². The van der Waals surface area contributed by atoms with Gasteiger partial charge in [-0.1, -0.05) is 11.6 Å². The number of benzene rings is 1. The Balaban J connectivity index is 2.75. The molecule has 18 heavy (non-hydrogen) atoms. The van der Waals surface area contributed by atoms with Crippen LogP contribution in [-0.4, -0.2) is 29.8 Å². The van der Waals surface area contributed by atoms with Gasteiger partial charge in [-0.05, 0) is 38.1 Å². The van der Waals surface area contributed by atoms with Gasteiger partial charge in [0.1, 0.15) is 6.04 Å². The minimum atomic E-state index is -0.907. The van der Waals surface area contributed by atoms with Gasteiger partial charge in [0.15, 0.2) is 0 Å². The molecule has 0 aliphatic rings. The lowest BCUT2D eigenvalue weighted by atomic mass is 9.98. The average Bonchev–Trinajstić information content (AvgIpc) is 2.31. The van der Waals surface area contributed by atoms with Crippen LogP contribution in [0, 0.1) is 0 Å². The van der Waals surface area contributed by atoms with Crippen LogP contribution in [0.4, 0.5) is 5.69 Å². The van der Waals surface area contributed by atoms with Crippen LogP contribution in [-0.2, 0) is 9.53 Å². The molecule has 2 N–H and O–H groups in total. The van der Waals surface area contributed by atoms with Gasteiger partial charge in [0.2, 0.25) is 0 Å². The van der Waals surface area contributed by atoms with Crippen LogP contribution >= 0.6 is 11.6 Å². The summed E-state index contributed by atoms with van der Waals surface area (Å²) >= 11 is 5.78. The maximum Gasteiger partial charge on any atom is 0.326 e. The Kier molecular flexibility index (Phi) is 4.99. The number of nitrogens with one attached hydrogen (secondary N) is 1. The number of aliphatic carboxylic acids is 1. The summed E-state index contributed by atoms with van der Waals surface area (Å²) in [5, 5.41) is 12.8. The van der Waals surface area contributed by atoms with Crippen molar-refractivity contribution in [2.75, 3.05) is 12.4 Å². The first kappa shape index (κ1) is 14.8. The van der Waals surface area contributed by atoms with E-state index in [-0.39, 0.29) is 0 Å². The predicted molar refractivity (Wildman–Crippen MR) is 72.2 cm³/mol. The summed E-state index contributed by atoms with van der Waals surface area (Å²) in [5.74, 6) is -0.907. The molecule has 0 spiro atoms. The Bertz CT molecular complexity index is 403. The lowest BCUT2D eigenvalue weighted by molar-refractivity contribution is -0.139. The Labute approximate surface area is 112 Å². The summed E-state index contributed by atoms with van der Waals surface area (Å²) < 4.78 is 5.25. The highest BCUT2D eigenvalue weighted by atomic mass is 35.5. The average molecular weight is 272 g/mol. The third kappa shape index (κ3) is 4.55. The highest BCUT2D eigenvalue weighted by Gasteiger charge is 2.27. The molecule has 0 bridgehead atoms. The molecule has 0 aliphatic heterocycles. The van der Waals surface area contributed by atoms with Crippen LogP contribution in [0.5, 0.6) is 0 Å². The zero-order valence-electron chi connectivity index (χ0n) is 10.7. The maximum atomic E-state index is 11.2. The van der Waals surface area contributed by atoms with E-state index in [1.807, 2.05) is 13.8 Å². The lowest BCUT2D eigenvalue weighted by Gasteiger charge is -2.27. The van der Waals surface area contributed by atoms with Crippen molar-refractivity contribution in [2.45, 2.75) is 31.9 Å². The first-order valence-electron chi connectivity index (χ1n) is 5.64. The van der Waals surface area contributed by atoms with Gasteiger partial charge in [-0.15, -0.1) is 0 Å². The molecule has 0 heterocycles. The lowest BCUT2D eigenvalue weighted by Crippen LogP contribution is -2.38. The number of carboxylic acid groups (broad SMARTS) is 1. The molecule has 0 radical (unpaired) electrons. The fraction of sp³-hybridized carbons (Fsp3) is 0.462. The minimum absolute atomic E-state index is 0.363. The molecule has 5 heteroatoms. The van der Waals surface area contributed by atoms with Crippen molar-refractivity contribution >= 4 is 23.3 Å². The maximum absolute atomic E-state index is 11.2. The third-order valence-electron chi connectivity index (χ3n) is 2.73. The number of halogens is 1. The second-order valence-corrected chi connectivity index (χ2v) is 5.15. The minimum Gasteiger partial charge on any atom is -0.480 e. The van der Waals surface area contributed by atoms with Gasteiger partial charge >= 0.3 is 5.97 Å². The van der Waals surface area contributed by atoms with Gasteiger partial charge in [0, 0.05) is 24.2 Å². The SMILES string of the molecule is COC(C)(C)CC(Nc1ccc(Cl)cc1)C(=O)O. The molecule has 0 fully saturated rings. The zero-order chi connectivity index (χ0) is 13.8. The summed E-state index contributed by atoms with van der Waals surface area (Å²) in [6.45, 7) is 3.71.